The molecule has 2 aromatic rings. The lowest BCUT2D eigenvalue weighted by Crippen LogP contribution is -2.04. The fourth-order valence-electron chi connectivity index (χ4n) is 1.77. The Bertz CT molecular complexity index is 660. The van der Waals surface area contributed by atoms with E-state index >= 15 is 0 Å². The van der Waals surface area contributed by atoms with Crippen molar-refractivity contribution in [1.82, 2.24) is 15.0 Å². The minimum atomic E-state index is -0.299. The number of hydrogen-bond acceptors (Lipinski definition) is 4. The topological polar surface area (TPSA) is 68.0 Å². The molecule has 1 heterocycles. The molecule has 1 aromatic heterocycles. The minimum Gasteiger partial charge on any atom is -0.505 e. The highest BCUT2D eigenvalue weighted by molar-refractivity contribution is 5.93. The van der Waals surface area contributed by atoms with Gasteiger partial charge in [-0.1, -0.05) is 17.3 Å². The van der Waals surface area contributed by atoms with Crippen LogP contribution in [0.5, 0.6) is 0 Å². The maximum Gasteiger partial charge on any atom is 0.156 e. The minimum absolute atomic E-state index is 0.208. The summed E-state index contributed by atoms with van der Waals surface area (Å²) in [5, 5.41) is 17.5. The molecule has 20 heavy (non-hydrogen) atoms. The SMILES string of the molecule is CC(=O)/C=C(\O)c1nnn(Cc2ccc(F)cc2)c1C. The maximum atomic E-state index is 12.8. The number of benzene rings is 1. The molecule has 104 valence electrons. The summed E-state index contributed by atoms with van der Waals surface area (Å²) in [5.74, 6) is -0.776. The van der Waals surface area contributed by atoms with E-state index < -0.39 is 0 Å². The van der Waals surface area contributed by atoms with E-state index in [0.29, 0.717) is 12.2 Å². The largest absolute Gasteiger partial charge is 0.505 e. The highest BCUT2D eigenvalue weighted by Crippen LogP contribution is 2.14. The van der Waals surface area contributed by atoms with Crippen LogP contribution in [0.2, 0.25) is 0 Å². The van der Waals surface area contributed by atoms with E-state index in [-0.39, 0.29) is 23.1 Å². The molecule has 0 radical (unpaired) electrons. The van der Waals surface area contributed by atoms with Crippen LogP contribution in [0, 0.1) is 12.7 Å². The number of carbonyl (C=O) groups is 1. The molecule has 0 bridgehead atoms. The van der Waals surface area contributed by atoms with Crippen molar-refractivity contribution in [3.8, 4) is 0 Å². The smallest absolute Gasteiger partial charge is 0.156 e. The van der Waals surface area contributed by atoms with Gasteiger partial charge < -0.3 is 5.11 Å². The van der Waals surface area contributed by atoms with Crippen molar-refractivity contribution in [1.29, 1.82) is 0 Å². The molecule has 1 N–H and O–H groups in total. The number of hydrogen-bond donors (Lipinski definition) is 1. The van der Waals surface area contributed by atoms with Gasteiger partial charge in [-0.05, 0) is 31.5 Å². The quantitative estimate of drug-likeness (QED) is 0.686. The van der Waals surface area contributed by atoms with Gasteiger partial charge in [-0.3, -0.25) is 4.79 Å². The van der Waals surface area contributed by atoms with E-state index in [1.165, 1.54) is 19.1 Å². The number of aliphatic hydroxyl groups is 1. The molecule has 2 rings (SSSR count). The highest BCUT2D eigenvalue weighted by Gasteiger charge is 2.13. The summed E-state index contributed by atoms with van der Waals surface area (Å²) >= 11 is 0. The van der Waals surface area contributed by atoms with Gasteiger partial charge in [-0.25, -0.2) is 9.07 Å². The van der Waals surface area contributed by atoms with E-state index in [1.54, 1.807) is 23.7 Å². The van der Waals surface area contributed by atoms with Crippen molar-refractivity contribution < 1.29 is 14.3 Å². The molecular formula is C14H14FN3O2. The van der Waals surface area contributed by atoms with Crippen LogP contribution in [0.1, 0.15) is 23.9 Å². The molecule has 0 saturated carbocycles. The number of allylic oxidation sites excluding steroid dienone is 1. The second-order valence-electron chi connectivity index (χ2n) is 4.45. The van der Waals surface area contributed by atoms with Crippen molar-refractivity contribution in [3.05, 3.63) is 53.1 Å². The molecule has 0 spiro atoms. The van der Waals surface area contributed by atoms with Crippen LogP contribution >= 0.6 is 0 Å². The first kappa shape index (κ1) is 13.9. The zero-order chi connectivity index (χ0) is 14.7. The number of halogens is 1. The number of aliphatic hydroxyl groups excluding tert-OH is 1. The average Bonchev–Trinajstić information content (AvgIpc) is 2.73. The average molecular weight is 275 g/mol. The van der Waals surface area contributed by atoms with Crippen LogP contribution < -0.4 is 0 Å². The first-order valence-electron chi connectivity index (χ1n) is 6.03. The lowest BCUT2D eigenvalue weighted by atomic mass is 10.2. The summed E-state index contributed by atoms with van der Waals surface area (Å²) in [5.41, 5.74) is 1.76. The number of carbonyl (C=O) groups excluding carboxylic acids is 1. The molecule has 0 amide bonds. The summed E-state index contributed by atoms with van der Waals surface area (Å²) in [4.78, 5) is 10.9. The molecule has 6 heteroatoms. The van der Waals surface area contributed by atoms with Gasteiger partial charge in [0.1, 0.15) is 17.3 Å². The van der Waals surface area contributed by atoms with E-state index in [9.17, 15) is 14.3 Å². The molecule has 1 aromatic carbocycles. The van der Waals surface area contributed by atoms with Crippen LogP contribution in [0.3, 0.4) is 0 Å². The van der Waals surface area contributed by atoms with Crippen LogP contribution in [0.25, 0.3) is 5.76 Å². The summed E-state index contributed by atoms with van der Waals surface area (Å²) in [6.45, 7) is 3.49. The van der Waals surface area contributed by atoms with Gasteiger partial charge in [0.15, 0.2) is 5.78 Å². The summed E-state index contributed by atoms with van der Waals surface area (Å²) in [6, 6.07) is 6.05. The third-order valence-corrected chi connectivity index (χ3v) is 2.81. The predicted molar refractivity (Wildman–Crippen MR) is 71.5 cm³/mol. The Morgan fingerprint density at radius 1 is 1.40 bits per heavy atom. The summed E-state index contributed by atoms with van der Waals surface area (Å²) < 4.78 is 14.4. The standard InChI is InChI=1S/C14H14FN3O2/c1-9(19)7-13(20)14-10(2)18(17-16-14)8-11-3-5-12(15)6-4-11/h3-7,20H,8H2,1-2H3/b13-7-. The van der Waals surface area contributed by atoms with Gasteiger partial charge in [0.05, 0.1) is 12.2 Å². The Labute approximate surface area is 115 Å². The molecule has 0 saturated heterocycles. The number of rotatable bonds is 4. The summed E-state index contributed by atoms with van der Waals surface area (Å²) in [7, 11) is 0. The second kappa shape index (κ2) is 5.64. The Morgan fingerprint density at radius 3 is 2.65 bits per heavy atom. The van der Waals surface area contributed by atoms with E-state index in [1.807, 2.05) is 0 Å². The Hall–Kier alpha value is -2.50. The van der Waals surface area contributed by atoms with Crippen LogP contribution in [-0.2, 0) is 11.3 Å². The highest BCUT2D eigenvalue weighted by atomic mass is 19.1. The van der Waals surface area contributed by atoms with Crippen LogP contribution in [-0.4, -0.2) is 25.9 Å². The van der Waals surface area contributed by atoms with Gasteiger partial charge in [0.2, 0.25) is 0 Å². The maximum absolute atomic E-state index is 12.8. The summed E-state index contributed by atoms with van der Waals surface area (Å²) in [6.07, 6.45) is 1.10. The fraction of sp³-hybridized carbons (Fsp3) is 0.214. The van der Waals surface area contributed by atoms with Gasteiger partial charge >= 0.3 is 0 Å². The zero-order valence-corrected chi connectivity index (χ0v) is 11.2. The zero-order valence-electron chi connectivity index (χ0n) is 11.2. The Kier molecular flexibility index (Phi) is 3.93. The molecule has 0 aliphatic carbocycles. The lowest BCUT2D eigenvalue weighted by Gasteiger charge is -2.04. The van der Waals surface area contributed by atoms with Crippen molar-refractivity contribution in [2.45, 2.75) is 20.4 Å². The van der Waals surface area contributed by atoms with E-state index in [4.69, 9.17) is 0 Å². The first-order valence-corrected chi connectivity index (χ1v) is 6.03. The second-order valence-corrected chi connectivity index (χ2v) is 4.45. The van der Waals surface area contributed by atoms with Gasteiger partial charge in [0.25, 0.3) is 0 Å². The van der Waals surface area contributed by atoms with Crippen molar-refractivity contribution in [2.75, 3.05) is 0 Å². The Balaban J connectivity index is 2.25. The predicted octanol–water partition coefficient (Wildman–Crippen LogP) is 2.26. The molecule has 0 aliphatic rings. The molecule has 0 unspecified atom stereocenters. The van der Waals surface area contributed by atoms with Crippen molar-refractivity contribution in [3.63, 3.8) is 0 Å². The third-order valence-electron chi connectivity index (χ3n) is 2.81. The molecule has 0 aliphatic heterocycles. The molecule has 0 fully saturated rings. The normalized spacial score (nSPS) is 11.7. The molecule has 0 atom stereocenters. The number of nitrogens with zero attached hydrogens (tertiary/aromatic N) is 3. The van der Waals surface area contributed by atoms with E-state index in [2.05, 4.69) is 10.3 Å². The molecule has 5 nitrogen and oxygen atoms in total. The lowest BCUT2D eigenvalue weighted by molar-refractivity contribution is -0.112. The van der Waals surface area contributed by atoms with E-state index in [0.717, 1.165) is 11.6 Å². The van der Waals surface area contributed by atoms with Crippen LogP contribution in [0.4, 0.5) is 4.39 Å². The molecular weight excluding hydrogens is 261 g/mol. The van der Waals surface area contributed by atoms with Crippen molar-refractivity contribution in [2.24, 2.45) is 0 Å². The first-order chi connectivity index (χ1) is 9.47. The van der Waals surface area contributed by atoms with Crippen LogP contribution in [0.15, 0.2) is 30.3 Å². The third kappa shape index (κ3) is 3.09. The van der Waals surface area contributed by atoms with Gasteiger partial charge in [-0.15, -0.1) is 5.10 Å². The number of ketones is 1. The van der Waals surface area contributed by atoms with Crippen molar-refractivity contribution >= 4 is 11.5 Å². The fourth-order valence-corrected chi connectivity index (χ4v) is 1.77. The Morgan fingerprint density at radius 2 is 2.05 bits per heavy atom. The monoisotopic (exact) mass is 275 g/mol. The number of aromatic nitrogens is 3. The van der Waals surface area contributed by atoms with Gasteiger partial charge in [-0.2, -0.15) is 0 Å². The van der Waals surface area contributed by atoms with Gasteiger partial charge in [0, 0.05) is 6.08 Å².